The van der Waals surface area contributed by atoms with Crippen molar-refractivity contribution in [1.82, 2.24) is 10.2 Å². The van der Waals surface area contributed by atoms with Crippen LogP contribution in [-0.4, -0.2) is 31.1 Å². The number of nitrogens with zero attached hydrogens (tertiary/aromatic N) is 1. The Labute approximate surface area is 114 Å². The standard InChI is InChI=1S/C13H23ClN2S/c1-4-5-11(2)15-8-9-16(3)10-12-6-7-13(14)17-12/h6-7,11,15H,4-5,8-10H2,1-3H3. The van der Waals surface area contributed by atoms with Crippen LogP contribution in [0, 0.1) is 0 Å². The van der Waals surface area contributed by atoms with E-state index in [0.717, 1.165) is 24.0 Å². The molecule has 1 unspecified atom stereocenters. The molecule has 0 aliphatic heterocycles. The predicted octanol–water partition coefficient (Wildman–Crippen LogP) is 3.61. The highest BCUT2D eigenvalue weighted by Gasteiger charge is 2.04. The van der Waals surface area contributed by atoms with Gasteiger partial charge >= 0.3 is 0 Å². The molecule has 0 amide bonds. The SMILES string of the molecule is CCCC(C)NCCN(C)Cc1ccc(Cl)s1. The number of hydrogen-bond acceptors (Lipinski definition) is 3. The van der Waals surface area contributed by atoms with Gasteiger partial charge in [-0.25, -0.2) is 0 Å². The van der Waals surface area contributed by atoms with Gasteiger partial charge in [0.1, 0.15) is 0 Å². The first-order valence-corrected chi connectivity index (χ1v) is 7.47. The lowest BCUT2D eigenvalue weighted by Crippen LogP contribution is -2.33. The molecule has 4 heteroatoms. The molecule has 0 aliphatic rings. The summed E-state index contributed by atoms with van der Waals surface area (Å²) in [6.07, 6.45) is 2.50. The van der Waals surface area contributed by atoms with Gasteiger partial charge in [-0.05, 0) is 32.5 Å². The van der Waals surface area contributed by atoms with Crippen LogP contribution in [-0.2, 0) is 6.54 Å². The number of halogens is 1. The summed E-state index contributed by atoms with van der Waals surface area (Å²) in [6, 6.07) is 4.71. The molecule has 0 saturated heterocycles. The maximum atomic E-state index is 5.91. The van der Waals surface area contributed by atoms with E-state index in [-0.39, 0.29) is 0 Å². The summed E-state index contributed by atoms with van der Waals surface area (Å²) in [4.78, 5) is 3.66. The maximum Gasteiger partial charge on any atom is 0.0931 e. The van der Waals surface area contributed by atoms with Crippen LogP contribution in [0.25, 0.3) is 0 Å². The molecule has 0 fully saturated rings. The third-order valence-corrected chi connectivity index (χ3v) is 3.98. The zero-order valence-corrected chi connectivity index (χ0v) is 12.6. The fourth-order valence-electron chi connectivity index (χ4n) is 1.82. The Morgan fingerprint density at radius 3 is 2.82 bits per heavy atom. The van der Waals surface area contributed by atoms with Crippen LogP contribution in [0.4, 0.5) is 0 Å². The average molecular weight is 275 g/mol. The number of hydrogen-bond donors (Lipinski definition) is 1. The second-order valence-electron chi connectivity index (χ2n) is 4.59. The van der Waals surface area contributed by atoms with E-state index < -0.39 is 0 Å². The monoisotopic (exact) mass is 274 g/mol. The van der Waals surface area contributed by atoms with Crippen LogP contribution < -0.4 is 5.32 Å². The average Bonchev–Trinajstić information content (AvgIpc) is 2.64. The third-order valence-electron chi connectivity index (χ3n) is 2.76. The largest absolute Gasteiger partial charge is 0.313 e. The van der Waals surface area contributed by atoms with E-state index in [1.165, 1.54) is 17.7 Å². The van der Waals surface area contributed by atoms with Crippen LogP contribution in [0.2, 0.25) is 4.34 Å². The first-order chi connectivity index (χ1) is 8.11. The molecule has 1 heterocycles. The van der Waals surface area contributed by atoms with Gasteiger partial charge in [-0.15, -0.1) is 11.3 Å². The highest BCUT2D eigenvalue weighted by Crippen LogP contribution is 2.22. The zero-order chi connectivity index (χ0) is 12.7. The van der Waals surface area contributed by atoms with Gasteiger partial charge in [0.05, 0.1) is 4.34 Å². The highest BCUT2D eigenvalue weighted by atomic mass is 35.5. The van der Waals surface area contributed by atoms with Gasteiger partial charge in [-0.2, -0.15) is 0 Å². The first kappa shape index (κ1) is 15.0. The lowest BCUT2D eigenvalue weighted by atomic mass is 10.2. The zero-order valence-electron chi connectivity index (χ0n) is 11.0. The summed E-state index contributed by atoms with van der Waals surface area (Å²) < 4.78 is 0.878. The van der Waals surface area contributed by atoms with Gasteiger partial charge in [-0.1, -0.05) is 24.9 Å². The smallest absolute Gasteiger partial charge is 0.0931 e. The molecule has 0 spiro atoms. The van der Waals surface area contributed by atoms with Gasteiger partial charge in [0.25, 0.3) is 0 Å². The van der Waals surface area contributed by atoms with E-state index in [0.29, 0.717) is 6.04 Å². The van der Waals surface area contributed by atoms with Crippen molar-refractivity contribution in [3.8, 4) is 0 Å². The molecule has 17 heavy (non-hydrogen) atoms. The van der Waals surface area contributed by atoms with Crippen molar-refractivity contribution in [3.05, 3.63) is 21.3 Å². The molecule has 0 bridgehead atoms. The quantitative estimate of drug-likeness (QED) is 0.779. The molecule has 2 nitrogen and oxygen atoms in total. The molecular weight excluding hydrogens is 252 g/mol. The molecule has 0 aromatic carbocycles. The summed E-state index contributed by atoms with van der Waals surface area (Å²) >= 11 is 7.58. The Hall–Kier alpha value is -0.0900. The van der Waals surface area contributed by atoms with Gasteiger partial charge < -0.3 is 10.2 Å². The Morgan fingerprint density at radius 2 is 2.24 bits per heavy atom. The van der Waals surface area contributed by atoms with Gasteiger partial charge in [-0.3, -0.25) is 0 Å². The second-order valence-corrected chi connectivity index (χ2v) is 6.39. The minimum absolute atomic E-state index is 0.629. The van der Waals surface area contributed by atoms with Crippen molar-refractivity contribution < 1.29 is 0 Å². The van der Waals surface area contributed by atoms with Crippen LogP contribution >= 0.6 is 22.9 Å². The van der Waals surface area contributed by atoms with Crippen molar-refractivity contribution >= 4 is 22.9 Å². The van der Waals surface area contributed by atoms with Crippen molar-refractivity contribution in [2.45, 2.75) is 39.3 Å². The van der Waals surface area contributed by atoms with Crippen molar-refractivity contribution in [1.29, 1.82) is 0 Å². The Balaban J connectivity index is 2.15. The van der Waals surface area contributed by atoms with Crippen molar-refractivity contribution in [2.75, 3.05) is 20.1 Å². The molecule has 1 atom stereocenters. The van der Waals surface area contributed by atoms with Gasteiger partial charge in [0, 0.05) is 30.6 Å². The number of rotatable bonds is 8. The fourth-order valence-corrected chi connectivity index (χ4v) is 2.99. The molecule has 0 aliphatic carbocycles. The molecule has 0 radical (unpaired) electrons. The molecule has 0 saturated carbocycles. The fraction of sp³-hybridized carbons (Fsp3) is 0.692. The van der Waals surface area contributed by atoms with E-state index in [9.17, 15) is 0 Å². The van der Waals surface area contributed by atoms with Crippen molar-refractivity contribution in [3.63, 3.8) is 0 Å². The first-order valence-electron chi connectivity index (χ1n) is 6.28. The molecular formula is C13H23ClN2S. The Kier molecular flexibility index (Phi) is 7.12. The van der Waals surface area contributed by atoms with E-state index in [1.807, 2.05) is 6.07 Å². The molecule has 1 N–H and O–H groups in total. The Bertz CT molecular complexity index is 314. The number of likely N-dealkylation sites (N-methyl/N-ethyl adjacent to an activating group) is 1. The number of thiophene rings is 1. The predicted molar refractivity (Wildman–Crippen MR) is 78.0 cm³/mol. The summed E-state index contributed by atoms with van der Waals surface area (Å²) in [5.41, 5.74) is 0. The lowest BCUT2D eigenvalue weighted by Gasteiger charge is -2.18. The van der Waals surface area contributed by atoms with E-state index in [4.69, 9.17) is 11.6 Å². The van der Waals surface area contributed by atoms with Gasteiger partial charge in [0.2, 0.25) is 0 Å². The normalized spacial score (nSPS) is 13.2. The maximum absolute atomic E-state index is 5.91. The van der Waals surface area contributed by atoms with Crippen LogP contribution in [0.5, 0.6) is 0 Å². The minimum Gasteiger partial charge on any atom is -0.313 e. The third kappa shape index (κ3) is 6.41. The topological polar surface area (TPSA) is 15.3 Å². The molecule has 1 aromatic heterocycles. The van der Waals surface area contributed by atoms with Crippen molar-refractivity contribution in [2.24, 2.45) is 0 Å². The summed E-state index contributed by atoms with van der Waals surface area (Å²) in [5, 5.41) is 3.54. The highest BCUT2D eigenvalue weighted by molar-refractivity contribution is 7.16. The van der Waals surface area contributed by atoms with E-state index >= 15 is 0 Å². The van der Waals surface area contributed by atoms with Crippen LogP contribution in [0.15, 0.2) is 12.1 Å². The lowest BCUT2D eigenvalue weighted by molar-refractivity contribution is 0.319. The minimum atomic E-state index is 0.629. The second kappa shape index (κ2) is 8.09. The van der Waals surface area contributed by atoms with E-state index in [1.54, 1.807) is 11.3 Å². The van der Waals surface area contributed by atoms with E-state index in [2.05, 4.69) is 37.2 Å². The molecule has 98 valence electrons. The summed E-state index contributed by atoms with van der Waals surface area (Å²) in [6.45, 7) is 7.59. The van der Waals surface area contributed by atoms with Crippen LogP contribution in [0.1, 0.15) is 31.6 Å². The van der Waals surface area contributed by atoms with Crippen LogP contribution in [0.3, 0.4) is 0 Å². The molecule has 1 aromatic rings. The summed E-state index contributed by atoms with van der Waals surface area (Å²) in [7, 11) is 2.15. The number of nitrogens with one attached hydrogen (secondary N) is 1. The Morgan fingerprint density at radius 1 is 1.47 bits per heavy atom. The summed E-state index contributed by atoms with van der Waals surface area (Å²) in [5.74, 6) is 0. The van der Waals surface area contributed by atoms with Gasteiger partial charge in [0.15, 0.2) is 0 Å². The molecule has 1 rings (SSSR count).